The Kier molecular flexibility index (Phi) is 3.70. The second-order valence-electron chi connectivity index (χ2n) is 4.90. The van der Waals surface area contributed by atoms with Crippen LogP contribution in [-0.2, 0) is 11.2 Å². The number of anilines is 2. The Morgan fingerprint density at radius 3 is 2.84 bits per heavy atom. The average molecular weight is 280 g/mol. The van der Waals surface area contributed by atoms with Crippen molar-refractivity contribution >= 4 is 28.1 Å². The van der Waals surface area contributed by atoms with Crippen LogP contribution < -0.4 is 10.6 Å². The van der Waals surface area contributed by atoms with Crippen molar-refractivity contribution in [1.82, 2.24) is 9.97 Å². The minimum atomic E-state index is 0.0296. The van der Waals surface area contributed by atoms with E-state index in [0.717, 1.165) is 49.7 Å². The molecule has 3 heterocycles. The highest BCUT2D eigenvalue weighted by atomic mass is 32.2. The summed E-state index contributed by atoms with van der Waals surface area (Å²) in [4.78, 5) is 10.4. The summed E-state index contributed by atoms with van der Waals surface area (Å²) in [6.45, 7) is 1.67. The molecule has 1 saturated heterocycles. The first-order chi connectivity index (χ1) is 9.28. The van der Waals surface area contributed by atoms with Crippen molar-refractivity contribution in [2.24, 2.45) is 0 Å². The molecule has 2 aliphatic rings. The maximum atomic E-state index is 5.40. The van der Waals surface area contributed by atoms with E-state index in [4.69, 9.17) is 4.74 Å². The fourth-order valence-corrected chi connectivity index (χ4v) is 4.04. The van der Waals surface area contributed by atoms with Gasteiger partial charge in [0, 0.05) is 26.3 Å². The zero-order chi connectivity index (χ0) is 13.2. The molecule has 1 atom stereocenters. The van der Waals surface area contributed by atoms with Gasteiger partial charge in [-0.25, -0.2) is 4.98 Å². The highest BCUT2D eigenvalue weighted by Gasteiger charge is 2.24. The lowest BCUT2D eigenvalue weighted by molar-refractivity contribution is 0.0903. The number of nitrogens with zero attached hydrogens (tertiary/aromatic N) is 2. The van der Waals surface area contributed by atoms with Crippen molar-refractivity contribution in [3.8, 4) is 0 Å². The average Bonchev–Trinajstić information content (AvgIpc) is 2.81. The molecule has 1 fully saturated rings. The van der Waals surface area contributed by atoms with Crippen LogP contribution >= 0.6 is 10.5 Å². The Morgan fingerprint density at radius 1 is 1.32 bits per heavy atom. The molecular weight excluding hydrogens is 260 g/mol. The maximum Gasteiger partial charge on any atom is 0.224 e. The van der Waals surface area contributed by atoms with Crippen LogP contribution in [0.2, 0.25) is 0 Å². The highest BCUT2D eigenvalue weighted by Crippen LogP contribution is 2.40. The molecule has 0 spiro atoms. The Bertz CT molecular complexity index is 500. The second kappa shape index (κ2) is 5.46. The molecule has 6 heteroatoms. The first-order valence-electron chi connectivity index (χ1n) is 6.71. The number of ether oxygens (including phenoxy) is 1. The van der Waals surface area contributed by atoms with Gasteiger partial charge in [-0.3, -0.25) is 0 Å². The van der Waals surface area contributed by atoms with E-state index in [2.05, 4.69) is 26.5 Å². The van der Waals surface area contributed by atoms with Crippen LogP contribution in [0.25, 0.3) is 0 Å². The van der Waals surface area contributed by atoms with Crippen molar-refractivity contribution in [2.45, 2.75) is 30.2 Å². The Labute approximate surface area is 116 Å². The van der Waals surface area contributed by atoms with Crippen LogP contribution in [0.1, 0.15) is 18.5 Å². The second-order valence-corrected chi connectivity index (χ2v) is 6.70. The molecule has 0 amide bonds. The van der Waals surface area contributed by atoms with Gasteiger partial charge in [0.05, 0.1) is 10.6 Å². The van der Waals surface area contributed by atoms with Gasteiger partial charge in [-0.15, -0.1) is 0 Å². The number of hydrogen-bond acceptors (Lipinski definition) is 5. The van der Waals surface area contributed by atoms with Gasteiger partial charge in [0.2, 0.25) is 5.95 Å². The first-order valence-corrected chi connectivity index (χ1v) is 8.27. The molecule has 5 nitrogen and oxygen atoms in total. The summed E-state index contributed by atoms with van der Waals surface area (Å²) in [7, 11) is 1.89. The van der Waals surface area contributed by atoms with E-state index in [9.17, 15) is 0 Å². The highest BCUT2D eigenvalue weighted by molar-refractivity contribution is 8.14. The molecule has 1 aromatic rings. The monoisotopic (exact) mass is 280 g/mol. The zero-order valence-electron chi connectivity index (χ0n) is 11.2. The summed E-state index contributed by atoms with van der Waals surface area (Å²) >= 11 is 0. The predicted octanol–water partition coefficient (Wildman–Crippen LogP) is 1.73. The smallest absolute Gasteiger partial charge is 0.224 e. The maximum absolute atomic E-state index is 5.40. The van der Waals surface area contributed by atoms with E-state index in [0.29, 0.717) is 12.0 Å². The largest absolute Gasteiger partial charge is 0.381 e. The lowest BCUT2D eigenvalue weighted by Crippen LogP contribution is -2.28. The Morgan fingerprint density at radius 2 is 2.11 bits per heavy atom. The van der Waals surface area contributed by atoms with E-state index in [1.807, 2.05) is 7.05 Å². The number of fused-ring (bicyclic) bond motifs is 1. The molecule has 19 heavy (non-hydrogen) atoms. The van der Waals surface area contributed by atoms with Gasteiger partial charge in [0.25, 0.3) is 0 Å². The summed E-state index contributed by atoms with van der Waals surface area (Å²) in [5.41, 5.74) is 1.16. The summed E-state index contributed by atoms with van der Waals surface area (Å²) in [5, 5.41) is 6.63. The number of rotatable bonds is 3. The Hall–Kier alpha value is -1.14. The molecule has 104 valence electrons. The van der Waals surface area contributed by atoms with Gasteiger partial charge in [-0.1, -0.05) is 5.87 Å². The number of aryl methyl sites for hydroxylation is 1. The third-order valence-electron chi connectivity index (χ3n) is 3.60. The molecular formula is C13H20N4OS. The van der Waals surface area contributed by atoms with Gasteiger partial charge in [0.1, 0.15) is 5.82 Å². The lowest BCUT2D eigenvalue weighted by Gasteiger charge is -2.25. The minimum absolute atomic E-state index is 0.0296. The fraction of sp³-hybridized carbons (Fsp3) is 0.615. The standard InChI is InChI=1S/C13H20N4OS/c1-14-13-16-10-5-8-19(2)11(10)12(17-13)15-9-3-6-18-7-4-9/h9H,2-8H2,1H3,(H2,14,15,16,17). The molecule has 0 radical (unpaired) electrons. The summed E-state index contributed by atoms with van der Waals surface area (Å²) in [6.07, 6.45) is 3.10. The van der Waals surface area contributed by atoms with E-state index in [1.54, 1.807) is 0 Å². The zero-order valence-corrected chi connectivity index (χ0v) is 12.1. The Balaban J connectivity index is 1.90. The molecule has 0 aliphatic carbocycles. The third-order valence-corrected chi connectivity index (χ3v) is 5.30. The van der Waals surface area contributed by atoms with Crippen molar-refractivity contribution in [2.75, 3.05) is 36.6 Å². The number of nitrogens with one attached hydrogen (secondary N) is 2. The fourth-order valence-electron chi connectivity index (χ4n) is 2.54. The molecule has 2 aliphatic heterocycles. The summed E-state index contributed by atoms with van der Waals surface area (Å²) in [5.74, 6) is 7.03. The molecule has 0 bridgehead atoms. The van der Waals surface area contributed by atoms with E-state index < -0.39 is 0 Å². The van der Waals surface area contributed by atoms with Crippen molar-refractivity contribution in [3.05, 3.63) is 5.69 Å². The van der Waals surface area contributed by atoms with Gasteiger partial charge in [-0.2, -0.15) is 15.5 Å². The van der Waals surface area contributed by atoms with Crippen LogP contribution in [0.4, 0.5) is 11.8 Å². The molecule has 0 saturated carbocycles. The molecule has 0 aromatic carbocycles. The van der Waals surface area contributed by atoms with Crippen LogP contribution in [0.3, 0.4) is 0 Å². The van der Waals surface area contributed by atoms with Gasteiger partial charge < -0.3 is 15.4 Å². The van der Waals surface area contributed by atoms with E-state index in [-0.39, 0.29) is 10.5 Å². The SMILES string of the molecule is C=S1CCc2nc(NC)nc(NC3CCOCC3)c21. The first kappa shape index (κ1) is 12.9. The topological polar surface area (TPSA) is 59.1 Å². The van der Waals surface area contributed by atoms with Crippen molar-refractivity contribution < 1.29 is 4.74 Å². The van der Waals surface area contributed by atoms with Crippen molar-refractivity contribution in [3.63, 3.8) is 0 Å². The van der Waals surface area contributed by atoms with Gasteiger partial charge in [-0.05, 0) is 25.0 Å². The molecule has 2 N–H and O–H groups in total. The normalized spacial score (nSPS) is 23.1. The minimum Gasteiger partial charge on any atom is -0.381 e. The molecule has 1 unspecified atom stereocenters. The number of aromatic nitrogens is 2. The number of hydrogen-bond donors (Lipinski definition) is 2. The van der Waals surface area contributed by atoms with Gasteiger partial charge >= 0.3 is 0 Å². The van der Waals surface area contributed by atoms with Gasteiger partial charge in [0.15, 0.2) is 0 Å². The third kappa shape index (κ3) is 2.60. The van der Waals surface area contributed by atoms with E-state index >= 15 is 0 Å². The molecule has 1 aromatic heterocycles. The molecule has 3 rings (SSSR count). The van der Waals surface area contributed by atoms with Crippen LogP contribution in [0.15, 0.2) is 4.90 Å². The quantitative estimate of drug-likeness (QED) is 0.826. The van der Waals surface area contributed by atoms with Crippen LogP contribution in [0.5, 0.6) is 0 Å². The summed E-state index contributed by atoms with van der Waals surface area (Å²) in [6, 6.07) is 0.454. The van der Waals surface area contributed by atoms with Crippen molar-refractivity contribution in [1.29, 1.82) is 0 Å². The van der Waals surface area contributed by atoms with E-state index in [1.165, 1.54) is 4.90 Å². The van der Waals surface area contributed by atoms with Crippen LogP contribution in [-0.4, -0.2) is 47.9 Å². The lowest BCUT2D eigenvalue weighted by atomic mass is 10.1. The predicted molar refractivity (Wildman–Crippen MR) is 80.6 cm³/mol. The summed E-state index contributed by atoms with van der Waals surface area (Å²) < 4.78 is 5.40. The van der Waals surface area contributed by atoms with Crippen LogP contribution in [0, 0.1) is 0 Å².